The summed E-state index contributed by atoms with van der Waals surface area (Å²) in [5, 5.41) is 0.905. The average Bonchev–Trinajstić information content (AvgIpc) is 3.49. The number of quaternary nitrogens is 1. The van der Waals surface area contributed by atoms with Crippen molar-refractivity contribution in [3.05, 3.63) is 106 Å². The molecule has 0 radical (unpaired) electrons. The van der Waals surface area contributed by atoms with E-state index in [2.05, 4.69) is 74.5 Å². The van der Waals surface area contributed by atoms with E-state index in [9.17, 15) is 0 Å². The van der Waals surface area contributed by atoms with Crippen molar-refractivity contribution in [2.75, 3.05) is 0 Å². The summed E-state index contributed by atoms with van der Waals surface area (Å²) in [6.45, 7) is 5.00. The lowest BCUT2D eigenvalue weighted by molar-refractivity contribution is -0.832. The Labute approximate surface area is 164 Å². The van der Waals surface area contributed by atoms with Gasteiger partial charge in [-0.2, -0.15) is 0 Å². The van der Waals surface area contributed by atoms with E-state index >= 15 is 0 Å². The van der Waals surface area contributed by atoms with Gasteiger partial charge >= 0.3 is 0 Å². The predicted molar refractivity (Wildman–Crippen MR) is 108 cm³/mol. The molecule has 5 atom stereocenters. The third-order valence-corrected chi connectivity index (χ3v) is 9.01. The molecule has 3 aromatic rings. The fourth-order valence-corrected chi connectivity index (χ4v) is 8.24. The van der Waals surface area contributed by atoms with E-state index in [-0.39, 0.29) is 16.6 Å². The number of hydrogen-bond donors (Lipinski definition) is 0. The monoisotopic (exact) mass is 370 g/mol. The topological polar surface area (TPSA) is 0 Å². The molecular weight excluding hydrogens is 350 g/mol. The second-order valence-corrected chi connectivity index (χ2v) is 9.54. The van der Waals surface area contributed by atoms with Gasteiger partial charge in [-0.05, 0) is 18.6 Å². The minimum Gasteiger partial charge on any atom is -0.270 e. The molecule has 2 fully saturated rings. The van der Waals surface area contributed by atoms with E-state index in [0.29, 0.717) is 6.04 Å². The second kappa shape index (κ2) is 4.01. The van der Waals surface area contributed by atoms with Gasteiger partial charge in [0.1, 0.15) is 0 Å². The van der Waals surface area contributed by atoms with Crippen molar-refractivity contribution in [2.24, 2.45) is 0 Å². The smallest absolute Gasteiger partial charge is 0.211 e. The van der Waals surface area contributed by atoms with Crippen LogP contribution in [0.4, 0.5) is 0 Å². The third-order valence-electron chi connectivity index (χ3n) is 8.64. The van der Waals surface area contributed by atoms with Crippen LogP contribution in [0.15, 0.2) is 72.8 Å². The highest BCUT2D eigenvalue weighted by Crippen LogP contribution is 2.97. The van der Waals surface area contributed by atoms with Crippen LogP contribution in [0.3, 0.4) is 0 Å². The molecule has 0 N–H and O–H groups in total. The Bertz CT molecular complexity index is 1180. The highest BCUT2D eigenvalue weighted by molar-refractivity contribution is 6.31. The van der Waals surface area contributed by atoms with Gasteiger partial charge < -0.3 is 0 Å². The van der Waals surface area contributed by atoms with Crippen LogP contribution in [0.1, 0.15) is 41.7 Å². The Kier molecular flexibility index (Phi) is 2.22. The van der Waals surface area contributed by atoms with Crippen LogP contribution in [-0.2, 0) is 23.0 Å². The molecule has 3 unspecified atom stereocenters. The molecule has 0 aliphatic carbocycles. The minimum absolute atomic E-state index is 0.0634. The zero-order valence-electron chi connectivity index (χ0n) is 15.5. The Morgan fingerprint density at radius 3 is 2.04 bits per heavy atom. The Morgan fingerprint density at radius 1 is 0.778 bits per heavy atom. The van der Waals surface area contributed by atoms with E-state index < -0.39 is 0 Å². The quantitative estimate of drug-likeness (QED) is 0.413. The van der Waals surface area contributed by atoms with Gasteiger partial charge in [0, 0.05) is 40.6 Å². The maximum atomic E-state index is 6.61. The fraction of sp³-hybridized carbons (Fsp3) is 0.280. The fourth-order valence-electron chi connectivity index (χ4n) is 8.04. The molecule has 3 aromatic carbocycles. The molecule has 0 aromatic heterocycles. The van der Waals surface area contributed by atoms with E-state index in [0.717, 1.165) is 11.4 Å². The van der Waals surface area contributed by atoms with Crippen LogP contribution in [-0.4, -0.2) is 10.5 Å². The van der Waals surface area contributed by atoms with Crippen molar-refractivity contribution in [1.29, 1.82) is 0 Å². The van der Waals surface area contributed by atoms with Crippen molar-refractivity contribution >= 4 is 11.6 Å². The van der Waals surface area contributed by atoms with Gasteiger partial charge in [-0.15, -0.1) is 0 Å². The predicted octanol–water partition coefficient (Wildman–Crippen LogP) is 5.50. The molecule has 7 rings (SSSR count). The number of nitrogens with zero attached hydrogens (tertiary/aromatic N) is 1. The molecule has 0 bridgehead atoms. The minimum atomic E-state index is 0.0634. The van der Waals surface area contributed by atoms with Gasteiger partial charge in [0.15, 0.2) is 16.6 Å². The average molecular weight is 371 g/mol. The molecular formula is C25H21ClN+. The van der Waals surface area contributed by atoms with Crippen LogP contribution in [0.5, 0.6) is 0 Å². The summed E-state index contributed by atoms with van der Waals surface area (Å²) in [5.74, 6) is 0. The second-order valence-electron chi connectivity index (χ2n) is 9.13. The first-order chi connectivity index (χ1) is 13.1. The van der Waals surface area contributed by atoms with E-state index in [1.165, 1.54) is 21.2 Å². The third kappa shape index (κ3) is 1.13. The molecule has 27 heavy (non-hydrogen) atoms. The summed E-state index contributed by atoms with van der Waals surface area (Å²) in [6, 6.07) is 27.5. The molecule has 1 nitrogen and oxygen atoms in total. The number of fused-ring (bicyclic) bond motifs is 8. The van der Waals surface area contributed by atoms with Crippen LogP contribution < -0.4 is 0 Å². The molecule has 4 aliphatic rings. The lowest BCUT2D eigenvalue weighted by atomic mass is 9.72. The van der Waals surface area contributed by atoms with Gasteiger partial charge in [0.05, 0.1) is 0 Å². The van der Waals surface area contributed by atoms with Crippen molar-refractivity contribution in [3.8, 4) is 0 Å². The molecule has 0 saturated carbocycles. The van der Waals surface area contributed by atoms with E-state index in [1.54, 1.807) is 11.1 Å². The normalized spacial score (nSPS) is 40.8. The van der Waals surface area contributed by atoms with Crippen LogP contribution >= 0.6 is 11.6 Å². The summed E-state index contributed by atoms with van der Waals surface area (Å²) >= 11 is 6.61. The van der Waals surface area contributed by atoms with Gasteiger partial charge in [0.2, 0.25) is 6.04 Å². The Morgan fingerprint density at radius 2 is 1.33 bits per heavy atom. The van der Waals surface area contributed by atoms with Gasteiger partial charge in [-0.25, -0.2) is 0 Å². The first-order valence-corrected chi connectivity index (χ1v) is 10.3. The summed E-state index contributed by atoms with van der Waals surface area (Å²) < 4.78 is 1.19. The van der Waals surface area contributed by atoms with Crippen molar-refractivity contribution in [1.82, 2.24) is 0 Å². The zero-order chi connectivity index (χ0) is 18.2. The van der Waals surface area contributed by atoms with Gasteiger partial charge in [-0.3, -0.25) is 4.48 Å². The summed E-state index contributed by atoms with van der Waals surface area (Å²) in [6.07, 6.45) is 1.04. The molecule has 0 amide bonds. The Balaban J connectivity index is 1.53. The lowest BCUT2D eigenvalue weighted by Crippen LogP contribution is -2.45. The summed E-state index contributed by atoms with van der Waals surface area (Å²) in [7, 11) is 0. The number of rotatable bonds is 2. The number of benzene rings is 3. The zero-order valence-corrected chi connectivity index (χ0v) is 16.3. The van der Waals surface area contributed by atoms with Gasteiger partial charge in [-0.1, -0.05) is 78.3 Å². The van der Waals surface area contributed by atoms with E-state index in [1.807, 2.05) is 12.1 Å². The van der Waals surface area contributed by atoms with Crippen LogP contribution in [0.2, 0.25) is 5.02 Å². The molecule has 4 heterocycles. The van der Waals surface area contributed by atoms with Crippen molar-refractivity contribution in [3.63, 3.8) is 0 Å². The summed E-state index contributed by atoms with van der Waals surface area (Å²) in [5.41, 5.74) is 7.99. The molecule has 132 valence electrons. The van der Waals surface area contributed by atoms with Gasteiger partial charge in [0.25, 0.3) is 0 Å². The molecule has 2 heteroatoms. The van der Waals surface area contributed by atoms with Crippen molar-refractivity contribution < 1.29 is 4.48 Å². The first-order valence-electron chi connectivity index (χ1n) is 9.88. The van der Waals surface area contributed by atoms with E-state index in [4.69, 9.17) is 11.6 Å². The molecule has 1 spiro atoms. The maximum Gasteiger partial charge on any atom is 0.211 e. The standard InChI is InChI=1S/C25H21ClN/c1-23-17-10-4-5-11-18(17)24(2)22-25(27(22,23)24,20-13-7-6-12-19(20)23)15-16-9-3-8-14-21(16)26/h3-14,22H,15H2,1-2H3/q+1/t22?,23?,24-,25+,27?/m0/s1. The van der Waals surface area contributed by atoms with Crippen LogP contribution in [0.25, 0.3) is 0 Å². The number of halogens is 1. The molecule has 4 aliphatic heterocycles. The maximum absolute atomic E-state index is 6.61. The van der Waals surface area contributed by atoms with Crippen LogP contribution in [0, 0.1) is 0 Å². The van der Waals surface area contributed by atoms with Crippen molar-refractivity contribution in [2.45, 2.75) is 42.9 Å². The Hall–Kier alpha value is -2.09. The first kappa shape index (κ1) is 14.9. The largest absolute Gasteiger partial charge is 0.270 e. The SMILES string of the molecule is CC12c3ccccc3[C@@]3(C)C4[C@@](Cc5ccccc5Cl)(c5ccccc51)[N+]423. The lowest BCUT2D eigenvalue weighted by Gasteiger charge is -2.31. The number of hydrogen-bond acceptors (Lipinski definition) is 0. The molecule has 2 saturated heterocycles. The highest BCUT2D eigenvalue weighted by atomic mass is 35.5. The highest BCUT2D eigenvalue weighted by Gasteiger charge is 3.15. The summed E-state index contributed by atoms with van der Waals surface area (Å²) in [4.78, 5) is 0.